The molecule has 1 saturated carbocycles. The molecule has 1 amide bonds. The lowest BCUT2D eigenvalue weighted by Crippen LogP contribution is -2.36. The van der Waals surface area contributed by atoms with Crippen molar-refractivity contribution in [2.75, 3.05) is 18.4 Å². The van der Waals surface area contributed by atoms with E-state index in [0.29, 0.717) is 16.6 Å². The summed E-state index contributed by atoms with van der Waals surface area (Å²) in [5.41, 5.74) is -0.251. The Morgan fingerprint density at radius 2 is 2.05 bits per heavy atom. The number of aliphatic hydroxyl groups excluding tert-OH is 1. The first-order valence-corrected chi connectivity index (χ1v) is 7.32. The maximum absolute atomic E-state index is 11.7. The summed E-state index contributed by atoms with van der Waals surface area (Å²) in [4.78, 5) is 23.2. The van der Waals surface area contributed by atoms with Crippen molar-refractivity contribution in [1.29, 1.82) is 0 Å². The predicted molar refractivity (Wildman–Crippen MR) is 82.6 cm³/mol. The van der Waals surface area contributed by atoms with E-state index in [2.05, 4.69) is 20.8 Å². The summed E-state index contributed by atoms with van der Waals surface area (Å²) in [5.74, 6) is 0.638. The molecule has 0 radical (unpaired) electrons. The molecule has 0 aliphatic heterocycles. The van der Waals surface area contributed by atoms with Gasteiger partial charge >= 0.3 is 0 Å². The van der Waals surface area contributed by atoms with E-state index in [1.807, 2.05) is 6.07 Å². The fourth-order valence-corrected chi connectivity index (χ4v) is 2.24. The van der Waals surface area contributed by atoms with Crippen molar-refractivity contribution >= 4 is 22.5 Å². The van der Waals surface area contributed by atoms with Gasteiger partial charge in [-0.2, -0.15) is 5.10 Å². The molecule has 7 nitrogen and oxygen atoms in total. The van der Waals surface area contributed by atoms with Gasteiger partial charge in [-0.3, -0.25) is 9.59 Å². The molecule has 22 heavy (non-hydrogen) atoms. The van der Waals surface area contributed by atoms with Gasteiger partial charge in [0.1, 0.15) is 0 Å². The second-order valence-corrected chi connectivity index (χ2v) is 5.50. The molecule has 7 heteroatoms. The van der Waals surface area contributed by atoms with Crippen LogP contribution in [-0.4, -0.2) is 40.4 Å². The Labute approximate surface area is 126 Å². The molecular weight excluding hydrogens is 284 g/mol. The maximum Gasteiger partial charge on any atom is 0.272 e. The Hall–Kier alpha value is -2.41. The van der Waals surface area contributed by atoms with E-state index in [4.69, 9.17) is 0 Å². The molecule has 1 heterocycles. The molecule has 1 aliphatic carbocycles. The van der Waals surface area contributed by atoms with Crippen LogP contribution in [0.25, 0.3) is 10.8 Å². The Balaban J connectivity index is 1.60. The quantitative estimate of drug-likeness (QED) is 0.611. The molecule has 1 aliphatic rings. The highest BCUT2D eigenvalue weighted by molar-refractivity contribution is 5.90. The van der Waals surface area contributed by atoms with Crippen LogP contribution in [0.5, 0.6) is 0 Å². The fourth-order valence-electron chi connectivity index (χ4n) is 2.24. The number of amides is 1. The number of hydrogen-bond acceptors (Lipinski definition) is 5. The van der Waals surface area contributed by atoms with Crippen LogP contribution in [0.3, 0.4) is 0 Å². The molecule has 1 fully saturated rings. The van der Waals surface area contributed by atoms with E-state index in [0.717, 1.165) is 12.8 Å². The van der Waals surface area contributed by atoms with E-state index < -0.39 is 6.10 Å². The van der Waals surface area contributed by atoms with Crippen molar-refractivity contribution in [3.8, 4) is 0 Å². The second-order valence-electron chi connectivity index (χ2n) is 5.50. The Morgan fingerprint density at radius 3 is 2.77 bits per heavy atom. The van der Waals surface area contributed by atoms with E-state index >= 15 is 0 Å². The summed E-state index contributed by atoms with van der Waals surface area (Å²) >= 11 is 0. The van der Waals surface area contributed by atoms with Gasteiger partial charge in [0, 0.05) is 24.4 Å². The van der Waals surface area contributed by atoms with Crippen LogP contribution in [0, 0.1) is 5.92 Å². The zero-order valence-corrected chi connectivity index (χ0v) is 12.0. The standard InChI is InChI=1S/C15H18N4O3/c20-10(8-17-14(21)9-5-6-9)7-16-13-11-3-1-2-4-12(11)15(22)19-18-13/h1-4,9-10,20H,5-8H2,(H,16,18)(H,17,21)(H,19,22). The number of anilines is 1. The molecule has 1 unspecified atom stereocenters. The van der Waals surface area contributed by atoms with Crippen LogP contribution < -0.4 is 16.2 Å². The van der Waals surface area contributed by atoms with Gasteiger partial charge in [0.2, 0.25) is 5.91 Å². The van der Waals surface area contributed by atoms with Crippen molar-refractivity contribution in [2.24, 2.45) is 5.92 Å². The number of aliphatic hydroxyl groups is 1. The topological polar surface area (TPSA) is 107 Å². The smallest absolute Gasteiger partial charge is 0.272 e. The zero-order valence-electron chi connectivity index (χ0n) is 12.0. The highest BCUT2D eigenvalue weighted by Crippen LogP contribution is 2.28. The van der Waals surface area contributed by atoms with Gasteiger partial charge < -0.3 is 15.7 Å². The average molecular weight is 302 g/mol. The summed E-state index contributed by atoms with van der Waals surface area (Å²) in [5, 5.41) is 23.3. The summed E-state index contributed by atoms with van der Waals surface area (Å²) in [7, 11) is 0. The normalized spacial score (nSPS) is 15.5. The van der Waals surface area contributed by atoms with Crippen molar-refractivity contribution in [3.05, 3.63) is 34.6 Å². The third-order valence-corrected chi connectivity index (χ3v) is 3.66. The minimum absolute atomic E-state index is 0.00617. The Bertz CT molecular complexity index is 739. The molecule has 0 saturated heterocycles. The fraction of sp³-hybridized carbons (Fsp3) is 0.400. The summed E-state index contributed by atoms with van der Waals surface area (Å²) < 4.78 is 0. The van der Waals surface area contributed by atoms with E-state index in [1.54, 1.807) is 18.2 Å². The number of hydrogen-bond donors (Lipinski definition) is 4. The first-order valence-electron chi connectivity index (χ1n) is 7.32. The van der Waals surface area contributed by atoms with Gasteiger partial charge in [-0.25, -0.2) is 5.10 Å². The number of aromatic amines is 1. The van der Waals surface area contributed by atoms with Crippen LogP contribution in [0.1, 0.15) is 12.8 Å². The van der Waals surface area contributed by atoms with Gasteiger partial charge in [-0.1, -0.05) is 18.2 Å². The molecule has 4 N–H and O–H groups in total. The minimum atomic E-state index is -0.727. The first kappa shape index (κ1) is 14.5. The number of carbonyl (C=O) groups excluding carboxylic acids is 1. The lowest BCUT2D eigenvalue weighted by molar-refractivity contribution is -0.122. The summed E-state index contributed by atoms with van der Waals surface area (Å²) in [6.07, 6.45) is 1.15. The number of carbonyl (C=O) groups is 1. The average Bonchev–Trinajstić information content (AvgIpc) is 3.37. The third-order valence-electron chi connectivity index (χ3n) is 3.66. The molecule has 1 atom stereocenters. The highest BCUT2D eigenvalue weighted by atomic mass is 16.3. The van der Waals surface area contributed by atoms with Crippen molar-refractivity contribution in [1.82, 2.24) is 15.5 Å². The van der Waals surface area contributed by atoms with E-state index in [9.17, 15) is 14.7 Å². The number of rotatable bonds is 6. The maximum atomic E-state index is 11.7. The molecule has 116 valence electrons. The van der Waals surface area contributed by atoms with Gasteiger partial charge in [-0.05, 0) is 18.9 Å². The number of nitrogens with zero attached hydrogens (tertiary/aromatic N) is 1. The molecule has 2 aromatic rings. The van der Waals surface area contributed by atoms with Gasteiger partial charge in [-0.15, -0.1) is 0 Å². The van der Waals surface area contributed by atoms with Gasteiger partial charge in [0.25, 0.3) is 5.56 Å². The van der Waals surface area contributed by atoms with E-state index in [-0.39, 0.29) is 30.5 Å². The van der Waals surface area contributed by atoms with Gasteiger partial charge in [0.05, 0.1) is 11.5 Å². The minimum Gasteiger partial charge on any atom is -0.389 e. The van der Waals surface area contributed by atoms with Crippen LogP contribution >= 0.6 is 0 Å². The number of nitrogens with one attached hydrogen (secondary N) is 3. The SMILES string of the molecule is O=C(NCC(O)CNc1n[nH]c(=O)c2ccccc12)C1CC1. The van der Waals surface area contributed by atoms with Crippen molar-refractivity contribution in [2.45, 2.75) is 18.9 Å². The van der Waals surface area contributed by atoms with E-state index in [1.165, 1.54) is 0 Å². The molecular formula is C15H18N4O3. The lowest BCUT2D eigenvalue weighted by Gasteiger charge is -2.14. The van der Waals surface area contributed by atoms with Crippen molar-refractivity contribution in [3.63, 3.8) is 0 Å². The molecule has 0 bridgehead atoms. The summed E-state index contributed by atoms with van der Waals surface area (Å²) in [6.45, 7) is 0.428. The third kappa shape index (κ3) is 3.25. The monoisotopic (exact) mass is 302 g/mol. The van der Waals surface area contributed by atoms with Crippen LogP contribution in [-0.2, 0) is 4.79 Å². The highest BCUT2D eigenvalue weighted by Gasteiger charge is 2.29. The second kappa shape index (κ2) is 6.15. The van der Waals surface area contributed by atoms with Crippen LogP contribution in [0.15, 0.2) is 29.1 Å². The predicted octanol–water partition coefficient (Wildman–Crippen LogP) is 0.222. The molecule has 1 aromatic heterocycles. The summed E-state index contributed by atoms with van der Waals surface area (Å²) in [6, 6.07) is 7.11. The molecule has 1 aromatic carbocycles. The van der Waals surface area contributed by atoms with Crippen molar-refractivity contribution < 1.29 is 9.90 Å². The lowest BCUT2D eigenvalue weighted by atomic mass is 10.2. The molecule has 3 rings (SSSR count). The number of benzene rings is 1. The first-order chi connectivity index (χ1) is 10.6. The van der Waals surface area contributed by atoms with Crippen LogP contribution in [0.2, 0.25) is 0 Å². The molecule has 0 spiro atoms. The largest absolute Gasteiger partial charge is 0.389 e. The van der Waals surface area contributed by atoms with Gasteiger partial charge in [0.15, 0.2) is 5.82 Å². The van der Waals surface area contributed by atoms with Crippen LogP contribution in [0.4, 0.5) is 5.82 Å². The number of H-pyrrole nitrogens is 1. The number of aromatic nitrogens is 2. The Morgan fingerprint density at radius 1 is 1.32 bits per heavy atom. The Kier molecular flexibility index (Phi) is 4.06. The number of fused-ring (bicyclic) bond motifs is 1. The zero-order chi connectivity index (χ0) is 15.5.